The van der Waals surface area contributed by atoms with Crippen LogP contribution in [0, 0.1) is 0 Å². The minimum absolute atomic E-state index is 0.167. The molecule has 0 aliphatic heterocycles. The van der Waals surface area contributed by atoms with E-state index in [-0.39, 0.29) is 7.35 Å². The van der Waals surface area contributed by atoms with Crippen molar-refractivity contribution >= 4 is 18.7 Å². The second-order valence-corrected chi connectivity index (χ2v) is 2.72. The van der Waals surface area contributed by atoms with Gasteiger partial charge in [-0.25, -0.2) is 0 Å². The first-order valence-corrected chi connectivity index (χ1v) is 3.84. The zero-order valence-corrected chi connectivity index (χ0v) is 7.61. The van der Waals surface area contributed by atoms with Gasteiger partial charge in [0, 0.05) is 0 Å². The van der Waals surface area contributed by atoms with Crippen molar-refractivity contribution in [3.63, 3.8) is 0 Å². The normalized spacial score (nSPS) is 8.54. The summed E-state index contributed by atoms with van der Waals surface area (Å²) in [6, 6.07) is 7.35. The van der Waals surface area contributed by atoms with Crippen LogP contribution in [0.5, 0.6) is 0 Å². The number of rotatable bonds is 2. The van der Waals surface area contributed by atoms with Crippen LogP contribution >= 0.6 is 0 Å². The second-order valence-electron chi connectivity index (χ2n) is 2.72. The Balaban J connectivity index is 2.87. The summed E-state index contributed by atoms with van der Waals surface area (Å²) >= 11 is 0. The quantitative estimate of drug-likeness (QED) is 0.384. The van der Waals surface area contributed by atoms with Gasteiger partial charge in [0.05, 0.1) is 0 Å². The van der Waals surface area contributed by atoms with Crippen molar-refractivity contribution < 1.29 is 4.32 Å². The van der Waals surface area contributed by atoms with E-state index in [4.69, 9.17) is 0 Å². The molecule has 0 heterocycles. The molecule has 0 saturated heterocycles. The number of benzene rings is 1. The molecule has 0 atom stereocenters. The molecule has 0 N–H and O–H groups in total. The molecule has 0 aromatic heterocycles. The predicted molar refractivity (Wildman–Crippen MR) is 51.9 cm³/mol. The van der Waals surface area contributed by atoms with Gasteiger partial charge in [-0.05, 0) is 0 Å². The van der Waals surface area contributed by atoms with E-state index >= 15 is 0 Å². The molecule has 0 fully saturated rings. The summed E-state index contributed by atoms with van der Waals surface area (Å²) in [7, 11) is 4.07. The van der Waals surface area contributed by atoms with Crippen LogP contribution in [0.3, 0.4) is 0 Å². The van der Waals surface area contributed by atoms with Crippen molar-refractivity contribution in [2.24, 2.45) is 5.11 Å². The van der Waals surface area contributed by atoms with E-state index in [1.165, 1.54) is 0 Å². The van der Waals surface area contributed by atoms with Gasteiger partial charge < -0.3 is 0 Å². The first-order chi connectivity index (χ1) is 6.24. The maximum atomic E-state index is 11.5. The summed E-state index contributed by atoms with van der Waals surface area (Å²) < 4.78 is 14.6. The number of hydrogen-bond donors (Lipinski definition) is 0. The van der Waals surface area contributed by atoms with Gasteiger partial charge in [-0.3, -0.25) is 0 Å². The summed E-state index contributed by atoms with van der Waals surface area (Å²) in [6.07, 6.45) is 0. The molecule has 1 aromatic carbocycles. The Kier molecular flexibility index (Phi) is 3.35. The van der Waals surface area contributed by atoms with Crippen LogP contribution < -0.4 is 9.59 Å². The van der Waals surface area contributed by atoms with Crippen LogP contribution in [0.1, 0.15) is 0 Å². The van der Waals surface area contributed by atoms with Gasteiger partial charge in [0.1, 0.15) is 0 Å². The van der Waals surface area contributed by atoms with Crippen LogP contribution in [0.4, 0.5) is 15.7 Å². The third kappa shape index (κ3) is 2.80. The molecule has 1 aromatic rings. The third-order valence-electron chi connectivity index (χ3n) is 1.58. The number of anilines is 1. The van der Waals surface area contributed by atoms with Crippen molar-refractivity contribution in [3.8, 4) is 0 Å². The summed E-state index contributed by atoms with van der Waals surface area (Å²) in [5, 5.41) is 3.60. The van der Waals surface area contributed by atoms with Crippen LogP contribution in [-0.2, 0) is 0 Å². The standard InChI is InChI=1S/C8H10BFN3/c1-13(2)8-5-3-7(4-6-8)11-12-9-10/h3-6H,1-2H3/q+1. The van der Waals surface area contributed by atoms with E-state index in [9.17, 15) is 4.32 Å². The zero-order chi connectivity index (χ0) is 9.68. The van der Waals surface area contributed by atoms with Crippen molar-refractivity contribution in [3.05, 3.63) is 24.3 Å². The Labute approximate surface area is 76.9 Å². The summed E-state index contributed by atoms with van der Waals surface area (Å²) in [5.41, 5.74) is 1.71. The van der Waals surface area contributed by atoms with Gasteiger partial charge in [-0.2, -0.15) is 0 Å². The average molecular weight is 178 g/mol. The molecule has 5 heteroatoms. The molecule has 0 bridgehead atoms. The molecular formula is C8H10BFN3+. The topological polar surface area (TPSA) is 29.7 Å². The van der Waals surface area contributed by atoms with Crippen molar-refractivity contribution in [1.29, 1.82) is 0 Å². The van der Waals surface area contributed by atoms with Gasteiger partial charge in [0.15, 0.2) is 0 Å². The molecule has 0 spiro atoms. The van der Waals surface area contributed by atoms with Crippen LogP contribution in [0.2, 0.25) is 0 Å². The Morgan fingerprint density at radius 1 is 1.31 bits per heavy atom. The molecule has 3 nitrogen and oxygen atoms in total. The van der Waals surface area contributed by atoms with Crippen LogP contribution in [0.25, 0.3) is 0 Å². The summed E-state index contributed by atoms with van der Waals surface area (Å²) in [4.78, 5) is 1.97. The van der Waals surface area contributed by atoms with Gasteiger partial charge in [-0.1, -0.05) is 0 Å². The first kappa shape index (κ1) is 9.61. The third-order valence-corrected chi connectivity index (χ3v) is 1.58. The SMILES string of the molecule is CN(C)c1ccc(N=[N+]=BF)cc1. The first-order valence-electron chi connectivity index (χ1n) is 3.84. The van der Waals surface area contributed by atoms with E-state index in [2.05, 4.69) is 9.81 Å². The average Bonchev–Trinajstić information content (AvgIpc) is 2.15. The Bertz CT molecular complexity index is 328. The minimum atomic E-state index is 0.167. The molecule has 0 radical (unpaired) electrons. The molecule has 0 amide bonds. The Morgan fingerprint density at radius 3 is 2.38 bits per heavy atom. The fourth-order valence-corrected chi connectivity index (χ4v) is 0.906. The van der Waals surface area contributed by atoms with E-state index < -0.39 is 0 Å². The molecule has 13 heavy (non-hydrogen) atoms. The monoisotopic (exact) mass is 178 g/mol. The number of hydrogen-bond acceptors (Lipinski definition) is 2. The van der Waals surface area contributed by atoms with Crippen molar-refractivity contribution in [1.82, 2.24) is 4.69 Å². The van der Waals surface area contributed by atoms with E-state index in [1.807, 2.05) is 31.1 Å². The van der Waals surface area contributed by atoms with Crippen LogP contribution in [0.15, 0.2) is 29.4 Å². The fourth-order valence-electron chi connectivity index (χ4n) is 0.906. The number of nitrogens with zero attached hydrogens (tertiary/aromatic N) is 3. The van der Waals surface area contributed by atoms with E-state index in [0.717, 1.165) is 5.69 Å². The molecule has 0 saturated carbocycles. The molecule has 66 valence electrons. The van der Waals surface area contributed by atoms with Gasteiger partial charge in [0.2, 0.25) is 0 Å². The van der Waals surface area contributed by atoms with Gasteiger partial charge >= 0.3 is 76.1 Å². The van der Waals surface area contributed by atoms with Gasteiger partial charge in [0.25, 0.3) is 0 Å². The van der Waals surface area contributed by atoms with Gasteiger partial charge in [-0.15, -0.1) is 0 Å². The summed E-state index contributed by atoms with van der Waals surface area (Å²) in [6.45, 7) is 0. The van der Waals surface area contributed by atoms with Crippen LogP contribution in [-0.4, -0.2) is 21.4 Å². The molecule has 0 unspecified atom stereocenters. The maximum absolute atomic E-state index is 11.5. The Morgan fingerprint density at radius 2 is 1.92 bits per heavy atom. The van der Waals surface area contributed by atoms with E-state index in [0.29, 0.717) is 5.69 Å². The number of halogens is 1. The van der Waals surface area contributed by atoms with E-state index in [1.54, 1.807) is 12.1 Å². The molecular weight excluding hydrogens is 168 g/mol. The second kappa shape index (κ2) is 4.53. The van der Waals surface area contributed by atoms with Crippen molar-refractivity contribution in [2.45, 2.75) is 0 Å². The van der Waals surface area contributed by atoms with Crippen molar-refractivity contribution in [2.75, 3.05) is 19.0 Å². The molecule has 0 aliphatic carbocycles. The molecule has 1 rings (SSSR count). The fraction of sp³-hybridized carbons (Fsp3) is 0.250. The zero-order valence-electron chi connectivity index (χ0n) is 7.61. The Hall–Kier alpha value is -1.48. The predicted octanol–water partition coefficient (Wildman–Crippen LogP) is 1.68. The summed E-state index contributed by atoms with van der Waals surface area (Å²) in [5.74, 6) is 0. The molecule has 0 aliphatic rings.